The Morgan fingerprint density at radius 3 is 2.25 bits per heavy atom. The number of likely N-dealkylation sites (N-methyl/N-ethyl adjacent to an activating group) is 2. The van der Waals surface area contributed by atoms with Crippen LogP contribution in [-0.2, 0) is 6.54 Å². The van der Waals surface area contributed by atoms with Crippen molar-refractivity contribution in [1.29, 1.82) is 0 Å². The number of carbonyl (C=O) groups is 2. The van der Waals surface area contributed by atoms with Gasteiger partial charge in [-0.1, -0.05) is 62.4 Å². The number of thiophene rings is 1. The maximum Gasteiger partial charge on any atom is 0.267 e. The van der Waals surface area contributed by atoms with E-state index in [2.05, 4.69) is 18.7 Å². The van der Waals surface area contributed by atoms with Gasteiger partial charge in [0.2, 0.25) is 0 Å². The Labute approximate surface area is 214 Å². The maximum atomic E-state index is 13.6. The molecule has 1 amide bonds. The molecule has 4 aromatic rings. The number of carbonyl (C=O) groups excluding carboxylic acids is 2. The summed E-state index contributed by atoms with van der Waals surface area (Å²) in [6, 6.07) is 16.1. The summed E-state index contributed by atoms with van der Waals surface area (Å²) in [5.74, 6) is -0.807. The predicted octanol–water partition coefficient (Wildman–Crippen LogP) is 4.61. The van der Waals surface area contributed by atoms with Crippen molar-refractivity contribution in [2.75, 3.05) is 32.7 Å². The number of fused-ring (bicyclic) bond motifs is 3. The Bertz CT molecular complexity index is 1450. The van der Waals surface area contributed by atoms with Crippen LogP contribution in [0.1, 0.15) is 40.8 Å². The molecule has 0 atom stereocenters. The van der Waals surface area contributed by atoms with Gasteiger partial charge in [0.05, 0.1) is 16.8 Å². The number of amides is 1. The van der Waals surface area contributed by atoms with Crippen molar-refractivity contribution < 1.29 is 14.7 Å². The van der Waals surface area contributed by atoms with E-state index in [0.717, 1.165) is 36.4 Å². The van der Waals surface area contributed by atoms with Crippen LogP contribution in [0.4, 0.5) is 0 Å². The molecule has 0 bridgehead atoms. The lowest BCUT2D eigenvalue weighted by Crippen LogP contribution is -2.38. The van der Waals surface area contributed by atoms with Gasteiger partial charge in [0.15, 0.2) is 11.5 Å². The molecule has 36 heavy (non-hydrogen) atoms. The van der Waals surface area contributed by atoms with Crippen LogP contribution in [0.5, 0.6) is 5.75 Å². The molecule has 7 nitrogen and oxygen atoms in total. The molecule has 8 heteroatoms. The average Bonchev–Trinajstić information content (AvgIpc) is 3.26. The number of hydrogen-bond acceptors (Lipinski definition) is 6. The first-order valence-corrected chi connectivity index (χ1v) is 13.1. The number of nitrogens with zero attached hydrogens (tertiary/aromatic N) is 3. The summed E-state index contributed by atoms with van der Waals surface area (Å²) in [7, 11) is 0. The Morgan fingerprint density at radius 2 is 1.58 bits per heavy atom. The highest BCUT2D eigenvalue weighted by Gasteiger charge is 2.27. The second-order valence-corrected chi connectivity index (χ2v) is 9.61. The fourth-order valence-electron chi connectivity index (χ4n) is 4.47. The standard InChI is InChI=1S/C28H31N3O4S/c1-4-29(5-2)16-17-30(6-3)28(35)26-24(33)23-25(36-26)20-14-10-11-15-21(20)31(27(23)34)18-22(32)19-12-8-7-9-13-19/h7-15,33H,4-6,16-18H2,1-3H3. The van der Waals surface area contributed by atoms with Crippen LogP contribution in [0, 0.1) is 0 Å². The van der Waals surface area contributed by atoms with Crippen LogP contribution < -0.4 is 5.56 Å². The molecule has 0 saturated heterocycles. The number of aromatic hydroxyl groups is 1. The van der Waals surface area contributed by atoms with E-state index in [1.165, 1.54) is 4.57 Å². The Morgan fingerprint density at radius 1 is 0.917 bits per heavy atom. The molecule has 2 heterocycles. The Balaban J connectivity index is 1.79. The van der Waals surface area contributed by atoms with Gasteiger partial charge in [0.25, 0.3) is 11.5 Å². The molecule has 0 aliphatic heterocycles. The van der Waals surface area contributed by atoms with Gasteiger partial charge in [-0.25, -0.2) is 0 Å². The van der Waals surface area contributed by atoms with Gasteiger partial charge in [0.1, 0.15) is 10.3 Å². The van der Waals surface area contributed by atoms with Gasteiger partial charge in [-0.2, -0.15) is 0 Å². The number of benzene rings is 2. The van der Waals surface area contributed by atoms with E-state index in [1.807, 2.05) is 31.2 Å². The Hall–Kier alpha value is -3.49. The van der Waals surface area contributed by atoms with Gasteiger partial charge in [0, 0.05) is 30.6 Å². The second kappa shape index (κ2) is 11.1. The highest BCUT2D eigenvalue weighted by Crippen LogP contribution is 2.39. The van der Waals surface area contributed by atoms with E-state index in [-0.39, 0.29) is 34.2 Å². The summed E-state index contributed by atoms with van der Waals surface area (Å²) in [5, 5.41) is 12.0. The summed E-state index contributed by atoms with van der Waals surface area (Å²) in [6.45, 7) is 9.44. The number of rotatable bonds is 10. The van der Waals surface area contributed by atoms with Gasteiger partial charge in [-0.3, -0.25) is 19.0 Å². The largest absolute Gasteiger partial charge is 0.505 e. The molecule has 4 rings (SSSR count). The molecular formula is C28H31N3O4S. The van der Waals surface area contributed by atoms with Gasteiger partial charge in [-0.15, -0.1) is 11.3 Å². The molecule has 0 aliphatic rings. The molecule has 0 fully saturated rings. The molecular weight excluding hydrogens is 474 g/mol. The molecule has 188 valence electrons. The zero-order chi connectivity index (χ0) is 25.8. The third kappa shape index (κ3) is 4.79. The van der Waals surface area contributed by atoms with Crippen LogP contribution in [0.3, 0.4) is 0 Å². The van der Waals surface area contributed by atoms with Crippen LogP contribution in [-0.4, -0.2) is 63.9 Å². The lowest BCUT2D eigenvalue weighted by molar-refractivity contribution is 0.0749. The van der Waals surface area contributed by atoms with Crippen molar-refractivity contribution in [3.63, 3.8) is 0 Å². The molecule has 2 aromatic carbocycles. The van der Waals surface area contributed by atoms with Crippen molar-refractivity contribution in [3.8, 4) is 5.75 Å². The van der Waals surface area contributed by atoms with Gasteiger partial charge in [-0.05, 0) is 26.1 Å². The van der Waals surface area contributed by atoms with E-state index in [0.29, 0.717) is 28.9 Å². The first kappa shape index (κ1) is 25.6. The summed E-state index contributed by atoms with van der Waals surface area (Å²) < 4.78 is 1.95. The minimum absolute atomic E-state index is 0.0858. The number of para-hydroxylation sites is 1. The van der Waals surface area contributed by atoms with E-state index in [4.69, 9.17) is 0 Å². The first-order valence-electron chi connectivity index (χ1n) is 12.3. The summed E-state index contributed by atoms with van der Waals surface area (Å²) in [6.07, 6.45) is 0. The number of ketones is 1. The van der Waals surface area contributed by atoms with Crippen molar-refractivity contribution in [2.24, 2.45) is 0 Å². The lowest BCUT2D eigenvalue weighted by atomic mass is 10.1. The van der Waals surface area contributed by atoms with Crippen LogP contribution in [0.15, 0.2) is 59.4 Å². The van der Waals surface area contributed by atoms with Crippen molar-refractivity contribution in [3.05, 3.63) is 75.4 Å². The minimum atomic E-state index is -0.480. The van der Waals surface area contributed by atoms with Crippen LogP contribution >= 0.6 is 11.3 Å². The van der Waals surface area contributed by atoms with Crippen LogP contribution in [0.25, 0.3) is 21.0 Å². The highest BCUT2D eigenvalue weighted by atomic mass is 32.1. The van der Waals surface area contributed by atoms with Crippen LogP contribution in [0.2, 0.25) is 0 Å². The normalized spacial score (nSPS) is 11.4. The highest BCUT2D eigenvalue weighted by molar-refractivity contribution is 7.22. The fourth-order valence-corrected chi connectivity index (χ4v) is 5.65. The number of hydrogen-bond donors (Lipinski definition) is 1. The molecule has 0 spiro atoms. The predicted molar refractivity (Wildman–Crippen MR) is 145 cm³/mol. The number of aromatic nitrogens is 1. The van der Waals surface area contributed by atoms with Crippen molar-refractivity contribution in [1.82, 2.24) is 14.4 Å². The molecule has 0 radical (unpaired) electrons. The van der Waals surface area contributed by atoms with E-state index < -0.39 is 5.56 Å². The van der Waals surface area contributed by atoms with Gasteiger partial charge < -0.3 is 14.9 Å². The third-order valence-corrected chi connectivity index (χ3v) is 7.82. The van der Waals surface area contributed by atoms with E-state index in [1.54, 1.807) is 35.2 Å². The summed E-state index contributed by atoms with van der Waals surface area (Å²) >= 11 is 1.14. The van der Waals surface area contributed by atoms with Crippen molar-refractivity contribution in [2.45, 2.75) is 27.3 Å². The Kier molecular flexibility index (Phi) is 7.86. The maximum absolute atomic E-state index is 13.6. The van der Waals surface area contributed by atoms with E-state index in [9.17, 15) is 19.5 Å². The molecule has 2 aromatic heterocycles. The second-order valence-electron chi connectivity index (χ2n) is 8.59. The topological polar surface area (TPSA) is 82.8 Å². The third-order valence-electron chi connectivity index (χ3n) is 6.62. The number of pyridine rings is 1. The minimum Gasteiger partial charge on any atom is -0.505 e. The summed E-state index contributed by atoms with van der Waals surface area (Å²) in [5.41, 5.74) is 0.617. The molecule has 0 aliphatic carbocycles. The molecule has 1 N–H and O–H groups in total. The zero-order valence-electron chi connectivity index (χ0n) is 20.9. The van der Waals surface area contributed by atoms with Gasteiger partial charge >= 0.3 is 0 Å². The fraction of sp³-hybridized carbons (Fsp3) is 0.321. The number of Topliss-reactive ketones (excluding diaryl/α,β-unsaturated/α-hetero) is 1. The van der Waals surface area contributed by atoms with Crippen molar-refractivity contribution >= 4 is 44.0 Å². The van der Waals surface area contributed by atoms with E-state index >= 15 is 0 Å². The lowest BCUT2D eigenvalue weighted by Gasteiger charge is -2.25. The average molecular weight is 506 g/mol. The zero-order valence-corrected chi connectivity index (χ0v) is 21.7. The monoisotopic (exact) mass is 505 g/mol. The SMILES string of the molecule is CCN(CC)CCN(CC)C(=O)c1sc2c(c1O)c(=O)n(CC(=O)c1ccccc1)c1ccccc21. The molecule has 0 unspecified atom stereocenters. The first-order chi connectivity index (χ1) is 17.4. The summed E-state index contributed by atoms with van der Waals surface area (Å²) in [4.78, 5) is 44.1. The smallest absolute Gasteiger partial charge is 0.267 e. The quantitative estimate of drug-likeness (QED) is 0.318. The molecule has 0 saturated carbocycles.